The monoisotopic (exact) mass is 229 g/mol. The molecule has 1 heteroatoms. The van der Waals surface area contributed by atoms with Crippen molar-refractivity contribution in [3.05, 3.63) is 47.0 Å². The zero-order chi connectivity index (χ0) is 12.1. The number of allylic oxidation sites excluding steroid dienone is 1. The Hall–Kier alpha value is -1.08. The van der Waals surface area contributed by atoms with Crippen molar-refractivity contribution in [3.63, 3.8) is 0 Å². The molecule has 0 saturated carbocycles. The summed E-state index contributed by atoms with van der Waals surface area (Å²) in [7, 11) is 2.07. The molecule has 17 heavy (non-hydrogen) atoms. The van der Waals surface area contributed by atoms with Gasteiger partial charge in [0.2, 0.25) is 0 Å². The Morgan fingerprint density at radius 2 is 2.06 bits per heavy atom. The second kappa shape index (κ2) is 6.02. The smallest absolute Gasteiger partial charge is 0.0533 e. The summed E-state index contributed by atoms with van der Waals surface area (Å²) < 4.78 is 0. The van der Waals surface area contributed by atoms with Gasteiger partial charge in [-0.05, 0) is 45.2 Å². The first-order valence-corrected chi connectivity index (χ1v) is 6.74. The number of rotatable bonds is 3. The van der Waals surface area contributed by atoms with Gasteiger partial charge in [0.25, 0.3) is 0 Å². The van der Waals surface area contributed by atoms with Crippen LogP contribution < -0.4 is 5.32 Å². The van der Waals surface area contributed by atoms with Crippen LogP contribution in [0.3, 0.4) is 0 Å². The van der Waals surface area contributed by atoms with Crippen molar-refractivity contribution < 1.29 is 0 Å². The standard InChI is InChI=1S/C16H23N/c1-13-8-7-11-15(12-13)16(17-2)14-9-5-3-4-6-10-14/h7-9,11-12,16-17H,3-6,10H2,1-2H3. The summed E-state index contributed by atoms with van der Waals surface area (Å²) in [6.45, 7) is 2.16. The molecule has 0 fully saturated rings. The molecule has 0 radical (unpaired) electrons. The molecule has 0 bridgehead atoms. The van der Waals surface area contributed by atoms with Crippen molar-refractivity contribution in [1.29, 1.82) is 0 Å². The first-order valence-electron chi connectivity index (χ1n) is 6.74. The summed E-state index contributed by atoms with van der Waals surface area (Å²) >= 11 is 0. The zero-order valence-electron chi connectivity index (χ0n) is 11.0. The fourth-order valence-corrected chi connectivity index (χ4v) is 2.72. The van der Waals surface area contributed by atoms with Crippen LogP contribution in [0.4, 0.5) is 0 Å². The first kappa shape index (κ1) is 12.4. The van der Waals surface area contributed by atoms with Crippen molar-refractivity contribution >= 4 is 0 Å². The van der Waals surface area contributed by atoms with Gasteiger partial charge in [0.15, 0.2) is 0 Å². The van der Waals surface area contributed by atoms with E-state index >= 15 is 0 Å². The van der Waals surface area contributed by atoms with Crippen LogP contribution in [-0.4, -0.2) is 7.05 Å². The quantitative estimate of drug-likeness (QED) is 0.768. The summed E-state index contributed by atoms with van der Waals surface area (Å²) in [6, 6.07) is 9.27. The lowest BCUT2D eigenvalue weighted by Crippen LogP contribution is -2.18. The number of aryl methyl sites for hydroxylation is 1. The van der Waals surface area contributed by atoms with Crippen LogP contribution in [0.2, 0.25) is 0 Å². The second-order valence-electron chi connectivity index (χ2n) is 5.01. The lowest BCUT2D eigenvalue weighted by molar-refractivity contribution is 0.628. The van der Waals surface area contributed by atoms with E-state index in [-0.39, 0.29) is 0 Å². The third-order valence-electron chi connectivity index (χ3n) is 3.61. The Kier molecular flexibility index (Phi) is 4.38. The minimum Gasteiger partial charge on any atom is -0.310 e. The molecule has 0 aromatic heterocycles. The van der Waals surface area contributed by atoms with E-state index in [9.17, 15) is 0 Å². The summed E-state index contributed by atoms with van der Waals surface area (Å²) in [5.41, 5.74) is 4.33. The molecule has 0 spiro atoms. The molecule has 1 aliphatic carbocycles. The molecule has 2 rings (SSSR count). The molecule has 1 aromatic rings. The maximum absolute atomic E-state index is 3.47. The van der Waals surface area contributed by atoms with Gasteiger partial charge in [0, 0.05) is 0 Å². The molecule has 1 aromatic carbocycles. The highest BCUT2D eigenvalue weighted by Gasteiger charge is 2.15. The van der Waals surface area contributed by atoms with Crippen LogP contribution in [0.5, 0.6) is 0 Å². The average molecular weight is 229 g/mol. The van der Waals surface area contributed by atoms with Gasteiger partial charge in [0.1, 0.15) is 0 Å². The molecule has 1 aliphatic rings. The Labute approximate surface area is 105 Å². The topological polar surface area (TPSA) is 12.0 Å². The van der Waals surface area contributed by atoms with Crippen LogP contribution in [0.25, 0.3) is 0 Å². The van der Waals surface area contributed by atoms with Crippen LogP contribution in [-0.2, 0) is 0 Å². The van der Waals surface area contributed by atoms with E-state index in [2.05, 4.69) is 49.6 Å². The Morgan fingerprint density at radius 3 is 2.82 bits per heavy atom. The highest BCUT2D eigenvalue weighted by molar-refractivity contribution is 5.31. The van der Waals surface area contributed by atoms with E-state index in [4.69, 9.17) is 0 Å². The predicted molar refractivity (Wildman–Crippen MR) is 74.1 cm³/mol. The number of nitrogens with one attached hydrogen (secondary N) is 1. The molecular formula is C16H23N. The number of benzene rings is 1. The number of likely N-dealkylation sites (N-methyl/N-ethyl adjacent to an activating group) is 1. The molecule has 1 nitrogen and oxygen atoms in total. The van der Waals surface area contributed by atoms with E-state index in [0.29, 0.717) is 6.04 Å². The fourth-order valence-electron chi connectivity index (χ4n) is 2.72. The van der Waals surface area contributed by atoms with Crippen molar-refractivity contribution in [2.24, 2.45) is 0 Å². The third kappa shape index (κ3) is 3.19. The molecule has 1 N–H and O–H groups in total. The van der Waals surface area contributed by atoms with E-state index in [0.717, 1.165) is 0 Å². The maximum atomic E-state index is 3.47. The summed E-state index contributed by atoms with van der Waals surface area (Å²) in [6.07, 6.45) is 9.03. The molecule has 0 amide bonds. The fraction of sp³-hybridized carbons (Fsp3) is 0.500. The lowest BCUT2D eigenvalue weighted by Gasteiger charge is -2.20. The van der Waals surface area contributed by atoms with Gasteiger partial charge in [-0.3, -0.25) is 0 Å². The molecule has 0 heterocycles. The third-order valence-corrected chi connectivity index (χ3v) is 3.61. The zero-order valence-corrected chi connectivity index (χ0v) is 11.0. The highest BCUT2D eigenvalue weighted by Crippen LogP contribution is 2.29. The van der Waals surface area contributed by atoms with Crippen molar-refractivity contribution in [1.82, 2.24) is 5.32 Å². The molecule has 1 atom stereocenters. The molecule has 0 saturated heterocycles. The first-order chi connectivity index (χ1) is 8.31. The van der Waals surface area contributed by atoms with Gasteiger partial charge in [-0.2, -0.15) is 0 Å². The maximum Gasteiger partial charge on any atom is 0.0533 e. The van der Waals surface area contributed by atoms with Crippen LogP contribution in [0, 0.1) is 6.92 Å². The van der Waals surface area contributed by atoms with Crippen molar-refractivity contribution in [2.75, 3.05) is 7.05 Å². The largest absolute Gasteiger partial charge is 0.310 e. The molecule has 0 aliphatic heterocycles. The van der Waals surface area contributed by atoms with Gasteiger partial charge in [-0.1, -0.05) is 47.9 Å². The Balaban J connectivity index is 2.23. The van der Waals surface area contributed by atoms with Crippen LogP contribution >= 0.6 is 0 Å². The van der Waals surface area contributed by atoms with E-state index in [1.165, 1.54) is 43.2 Å². The van der Waals surface area contributed by atoms with Gasteiger partial charge in [-0.15, -0.1) is 0 Å². The molecule has 1 unspecified atom stereocenters. The van der Waals surface area contributed by atoms with Gasteiger partial charge in [-0.25, -0.2) is 0 Å². The van der Waals surface area contributed by atoms with Gasteiger partial charge >= 0.3 is 0 Å². The lowest BCUT2D eigenvalue weighted by atomic mass is 9.94. The average Bonchev–Trinajstić information content (AvgIpc) is 2.59. The van der Waals surface area contributed by atoms with E-state index < -0.39 is 0 Å². The van der Waals surface area contributed by atoms with Gasteiger partial charge in [0.05, 0.1) is 6.04 Å². The SMILES string of the molecule is CNC(C1=CCCCCC1)c1cccc(C)c1. The van der Waals surface area contributed by atoms with Gasteiger partial charge < -0.3 is 5.32 Å². The van der Waals surface area contributed by atoms with Crippen molar-refractivity contribution in [3.8, 4) is 0 Å². The number of hydrogen-bond acceptors (Lipinski definition) is 1. The minimum absolute atomic E-state index is 0.410. The molecule has 92 valence electrons. The predicted octanol–water partition coefficient (Wildman–Crippen LogP) is 4.15. The highest BCUT2D eigenvalue weighted by atomic mass is 14.9. The van der Waals surface area contributed by atoms with E-state index in [1.807, 2.05) is 0 Å². The van der Waals surface area contributed by atoms with Crippen LogP contribution in [0.1, 0.15) is 49.3 Å². The van der Waals surface area contributed by atoms with Crippen LogP contribution in [0.15, 0.2) is 35.9 Å². The Bertz CT molecular complexity index is 392. The summed E-state index contributed by atoms with van der Waals surface area (Å²) in [5.74, 6) is 0. The second-order valence-corrected chi connectivity index (χ2v) is 5.01. The normalized spacial score (nSPS) is 18.4. The summed E-state index contributed by atoms with van der Waals surface area (Å²) in [5, 5.41) is 3.47. The number of hydrogen-bond donors (Lipinski definition) is 1. The molecular weight excluding hydrogens is 206 g/mol. The summed E-state index contributed by atoms with van der Waals surface area (Å²) in [4.78, 5) is 0. The van der Waals surface area contributed by atoms with E-state index in [1.54, 1.807) is 5.57 Å². The van der Waals surface area contributed by atoms with Crippen molar-refractivity contribution in [2.45, 2.75) is 45.1 Å². The Morgan fingerprint density at radius 1 is 1.18 bits per heavy atom. The minimum atomic E-state index is 0.410.